The van der Waals surface area contributed by atoms with Crippen molar-refractivity contribution in [1.82, 2.24) is 14.8 Å². The molecule has 1 aromatic heterocycles. The van der Waals surface area contributed by atoms with Crippen LogP contribution in [0.1, 0.15) is 18.6 Å². The van der Waals surface area contributed by atoms with Crippen molar-refractivity contribution in [2.45, 2.75) is 25.8 Å². The molecule has 9 heteroatoms. The van der Waals surface area contributed by atoms with Gasteiger partial charge in [0.25, 0.3) is 0 Å². The highest BCUT2D eigenvalue weighted by Crippen LogP contribution is 2.13. The molecule has 2 N–H and O–H groups in total. The van der Waals surface area contributed by atoms with Crippen LogP contribution in [0.15, 0.2) is 10.6 Å². The minimum Gasteiger partial charge on any atom is -0.360 e. The Hall–Kier alpha value is -1.61. The van der Waals surface area contributed by atoms with E-state index in [4.69, 9.17) is 4.52 Å². The third-order valence-electron chi connectivity index (χ3n) is 3.06. The maximum absolute atomic E-state index is 11.8. The van der Waals surface area contributed by atoms with Crippen LogP contribution in [0.3, 0.4) is 0 Å². The largest absolute Gasteiger partial charge is 0.360 e. The minimum absolute atomic E-state index is 0.202. The van der Waals surface area contributed by atoms with Crippen LogP contribution >= 0.6 is 0 Å². The van der Waals surface area contributed by atoms with Crippen molar-refractivity contribution in [3.63, 3.8) is 0 Å². The van der Waals surface area contributed by atoms with E-state index in [1.807, 2.05) is 0 Å². The van der Waals surface area contributed by atoms with E-state index in [1.54, 1.807) is 13.0 Å². The van der Waals surface area contributed by atoms with Crippen molar-refractivity contribution in [3.8, 4) is 0 Å². The summed E-state index contributed by atoms with van der Waals surface area (Å²) in [4.78, 5) is 11.8. The van der Waals surface area contributed by atoms with E-state index in [9.17, 15) is 13.2 Å². The molecule has 2 heterocycles. The van der Waals surface area contributed by atoms with Gasteiger partial charge >= 0.3 is 6.03 Å². The molecule has 20 heavy (non-hydrogen) atoms. The van der Waals surface area contributed by atoms with E-state index in [1.165, 1.54) is 10.6 Å². The topological polar surface area (TPSA) is 105 Å². The normalized spacial score (nSPS) is 20.6. The smallest absolute Gasteiger partial charge is 0.320 e. The van der Waals surface area contributed by atoms with E-state index >= 15 is 0 Å². The number of aryl methyl sites for hydroxylation is 1. The highest BCUT2D eigenvalue weighted by molar-refractivity contribution is 7.88. The Morgan fingerprint density at radius 1 is 1.55 bits per heavy atom. The number of amides is 2. The average Bonchev–Trinajstić information content (AvgIpc) is 2.73. The summed E-state index contributed by atoms with van der Waals surface area (Å²) in [5, 5.41) is 8.93. The van der Waals surface area contributed by atoms with Crippen LogP contribution in [0, 0.1) is 6.92 Å². The third-order valence-corrected chi connectivity index (χ3v) is 4.33. The van der Waals surface area contributed by atoms with Crippen molar-refractivity contribution < 1.29 is 17.7 Å². The molecule has 8 nitrogen and oxygen atoms in total. The number of piperidine rings is 1. The SMILES string of the molecule is Cc1cc(NC(=O)NC2CCCN(S(C)(=O)=O)C2)no1. The average molecular weight is 302 g/mol. The van der Waals surface area contributed by atoms with Gasteiger partial charge in [-0.3, -0.25) is 5.32 Å². The fourth-order valence-corrected chi connectivity index (χ4v) is 3.04. The van der Waals surface area contributed by atoms with Crippen molar-refractivity contribution in [1.29, 1.82) is 0 Å². The van der Waals surface area contributed by atoms with Crippen molar-refractivity contribution in [3.05, 3.63) is 11.8 Å². The molecule has 1 unspecified atom stereocenters. The number of carbonyl (C=O) groups is 1. The quantitative estimate of drug-likeness (QED) is 0.847. The highest BCUT2D eigenvalue weighted by Gasteiger charge is 2.26. The first kappa shape index (κ1) is 14.8. The van der Waals surface area contributed by atoms with Gasteiger partial charge < -0.3 is 9.84 Å². The van der Waals surface area contributed by atoms with Gasteiger partial charge in [-0.2, -0.15) is 0 Å². The first-order chi connectivity index (χ1) is 9.34. The number of aromatic nitrogens is 1. The summed E-state index contributed by atoms with van der Waals surface area (Å²) in [7, 11) is -3.22. The summed E-state index contributed by atoms with van der Waals surface area (Å²) < 4.78 is 29.2. The predicted octanol–water partition coefficient (Wildman–Crippen LogP) is 0.529. The molecular weight excluding hydrogens is 284 g/mol. The Balaban J connectivity index is 1.88. The lowest BCUT2D eigenvalue weighted by Gasteiger charge is -2.31. The van der Waals surface area contributed by atoms with Crippen LogP contribution < -0.4 is 10.6 Å². The Kier molecular flexibility index (Phi) is 4.29. The van der Waals surface area contributed by atoms with Crippen molar-refractivity contribution in [2.24, 2.45) is 0 Å². The highest BCUT2D eigenvalue weighted by atomic mass is 32.2. The molecule has 1 aliphatic heterocycles. The lowest BCUT2D eigenvalue weighted by Crippen LogP contribution is -2.50. The summed E-state index contributed by atoms with van der Waals surface area (Å²) in [5.41, 5.74) is 0. The molecule has 2 amide bonds. The molecule has 0 spiro atoms. The first-order valence-electron chi connectivity index (χ1n) is 6.30. The van der Waals surface area contributed by atoms with Gasteiger partial charge in [-0.25, -0.2) is 17.5 Å². The third kappa shape index (κ3) is 3.94. The van der Waals surface area contributed by atoms with Gasteiger partial charge in [-0.1, -0.05) is 5.16 Å². The number of hydrogen-bond donors (Lipinski definition) is 2. The standard InChI is InChI=1S/C11H18N4O4S/c1-8-6-10(14-19-8)13-11(16)12-9-4-3-5-15(7-9)20(2,17)18/h6,9H,3-5,7H2,1-2H3,(H2,12,13,14,16). The number of anilines is 1. The predicted molar refractivity (Wildman–Crippen MR) is 72.8 cm³/mol. The Labute approximate surface area is 117 Å². The Morgan fingerprint density at radius 3 is 2.90 bits per heavy atom. The second-order valence-corrected chi connectivity index (χ2v) is 6.86. The van der Waals surface area contributed by atoms with Gasteiger partial charge in [0.05, 0.1) is 6.26 Å². The molecular formula is C11H18N4O4S. The maximum Gasteiger partial charge on any atom is 0.320 e. The van der Waals surface area contributed by atoms with Gasteiger partial charge in [0.15, 0.2) is 5.82 Å². The zero-order chi connectivity index (χ0) is 14.8. The number of sulfonamides is 1. The zero-order valence-corrected chi connectivity index (χ0v) is 12.2. The van der Waals surface area contributed by atoms with Gasteiger partial charge in [0, 0.05) is 25.2 Å². The summed E-state index contributed by atoms with van der Waals surface area (Å²) >= 11 is 0. The molecule has 1 fully saturated rings. The van der Waals surface area contributed by atoms with Crippen LogP contribution in [0.2, 0.25) is 0 Å². The number of nitrogens with one attached hydrogen (secondary N) is 2. The van der Waals surface area contributed by atoms with Crippen LogP contribution in [-0.2, 0) is 10.0 Å². The van der Waals surface area contributed by atoms with Crippen molar-refractivity contribution >= 4 is 21.9 Å². The lowest BCUT2D eigenvalue weighted by molar-refractivity contribution is 0.236. The van der Waals surface area contributed by atoms with E-state index < -0.39 is 16.1 Å². The van der Waals surface area contributed by atoms with Gasteiger partial charge in [-0.05, 0) is 19.8 Å². The summed E-state index contributed by atoms with van der Waals surface area (Å²) in [5.74, 6) is 0.928. The molecule has 0 bridgehead atoms. The minimum atomic E-state index is -3.22. The summed E-state index contributed by atoms with van der Waals surface area (Å²) in [6, 6.07) is 0.980. The van der Waals surface area contributed by atoms with Gasteiger partial charge in [0.1, 0.15) is 5.76 Å². The lowest BCUT2D eigenvalue weighted by atomic mass is 10.1. The number of rotatable bonds is 3. The summed E-state index contributed by atoms with van der Waals surface area (Å²) in [6.07, 6.45) is 2.64. The number of nitrogens with zero attached hydrogens (tertiary/aromatic N) is 2. The number of carbonyl (C=O) groups excluding carboxylic acids is 1. The molecule has 1 saturated heterocycles. The zero-order valence-electron chi connectivity index (χ0n) is 11.4. The molecule has 2 rings (SSSR count). The molecule has 0 radical (unpaired) electrons. The van der Waals surface area contributed by atoms with E-state index in [-0.39, 0.29) is 6.04 Å². The molecule has 1 aromatic rings. The second-order valence-electron chi connectivity index (χ2n) is 4.88. The molecule has 112 valence electrons. The maximum atomic E-state index is 11.8. The van der Waals surface area contributed by atoms with Crippen molar-refractivity contribution in [2.75, 3.05) is 24.7 Å². The summed E-state index contributed by atoms with van der Waals surface area (Å²) in [6.45, 7) is 2.52. The van der Waals surface area contributed by atoms with Gasteiger partial charge in [-0.15, -0.1) is 0 Å². The van der Waals surface area contributed by atoms with Crippen LogP contribution in [0.4, 0.5) is 10.6 Å². The first-order valence-corrected chi connectivity index (χ1v) is 8.15. The molecule has 0 aromatic carbocycles. The van der Waals surface area contributed by atoms with E-state index in [0.717, 1.165) is 12.8 Å². The van der Waals surface area contributed by atoms with Crippen LogP contribution in [0.5, 0.6) is 0 Å². The fraction of sp³-hybridized carbons (Fsp3) is 0.636. The fourth-order valence-electron chi connectivity index (χ4n) is 2.12. The van der Waals surface area contributed by atoms with Crippen LogP contribution in [0.25, 0.3) is 0 Å². The Bertz CT molecular complexity index is 583. The number of hydrogen-bond acceptors (Lipinski definition) is 5. The molecule has 1 aliphatic rings. The van der Waals surface area contributed by atoms with Gasteiger partial charge in [0.2, 0.25) is 10.0 Å². The van der Waals surface area contributed by atoms with Crippen LogP contribution in [-0.4, -0.2) is 49.3 Å². The Morgan fingerprint density at radius 2 is 2.30 bits per heavy atom. The van der Waals surface area contributed by atoms with E-state index in [0.29, 0.717) is 24.7 Å². The monoisotopic (exact) mass is 302 g/mol. The second kappa shape index (κ2) is 5.80. The molecule has 0 saturated carbocycles. The van der Waals surface area contributed by atoms with E-state index in [2.05, 4.69) is 15.8 Å². The number of urea groups is 1. The molecule has 0 aliphatic carbocycles. The molecule has 1 atom stereocenters.